The first kappa shape index (κ1) is 32.4. The number of hydrogen-bond donors (Lipinski definition) is 2. The number of H-pyrrole nitrogens is 1. The maximum Gasteiger partial charge on any atom is 0.344 e. The van der Waals surface area contributed by atoms with Gasteiger partial charge in [0.25, 0.3) is 0 Å². The lowest BCUT2D eigenvalue weighted by atomic mass is 10.0. The van der Waals surface area contributed by atoms with Gasteiger partial charge in [-0.2, -0.15) is 4.72 Å². The second-order valence-electron chi connectivity index (χ2n) is 9.34. The van der Waals surface area contributed by atoms with Crippen LogP contribution in [-0.2, 0) is 40.4 Å². The SMILES string of the molecule is CCOC(=O)COc1ccccc1[C@H](NS(=O)(=O)c1ccc2[nH]c(=O)ccc2c1)C(=O)N(CC(=O)OCC)Cc1cccs1. The van der Waals surface area contributed by atoms with Crippen LogP contribution in [0.2, 0.25) is 0 Å². The summed E-state index contributed by atoms with van der Waals surface area (Å²) in [7, 11) is -4.40. The minimum absolute atomic E-state index is 0.00271. The lowest BCUT2D eigenvalue weighted by molar-refractivity contribution is -0.150. The van der Waals surface area contributed by atoms with Crippen LogP contribution in [0.15, 0.2) is 81.8 Å². The highest BCUT2D eigenvalue weighted by atomic mass is 32.2. The highest BCUT2D eigenvalue weighted by Crippen LogP contribution is 2.30. The standard InChI is InChI=1S/C30H31N3O9S2/c1-3-40-27(35)18-33(17-21-8-7-15-43-21)30(37)29(23-9-5-6-10-25(23)42-19-28(36)41-4-2)32-44(38,39)22-12-13-24-20(16-22)11-14-26(34)31-24/h5-16,29,32H,3-4,17-19H2,1-2H3,(H,31,34)/t29-/m0/s1. The van der Waals surface area contributed by atoms with Crippen LogP contribution in [0.1, 0.15) is 30.3 Å². The minimum Gasteiger partial charge on any atom is -0.482 e. The Morgan fingerprint density at radius 1 is 0.955 bits per heavy atom. The first-order valence-electron chi connectivity index (χ1n) is 13.6. The van der Waals surface area contributed by atoms with Gasteiger partial charge >= 0.3 is 11.9 Å². The Bertz CT molecular complexity index is 1790. The van der Waals surface area contributed by atoms with Crippen LogP contribution >= 0.6 is 11.3 Å². The van der Waals surface area contributed by atoms with Crippen LogP contribution in [0, 0.1) is 0 Å². The molecule has 1 amide bonds. The largest absolute Gasteiger partial charge is 0.482 e. The number of aromatic amines is 1. The zero-order valence-electron chi connectivity index (χ0n) is 24.0. The van der Waals surface area contributed by atoms with Crippen molar-refractivity contribution in [2.24, 2.45) is 0 Å². The predicted octanol–water partition coefficient (Wildman–Crippen LogP) is 3.14. The highest BCUT2D eigenvalue weighted by molar-refractivity contribution is 7.89. The summed E-state index contributed by atoms with van der Waals surface area (Å²) < 4.78 is 45.8. The van der Waals surface area contributed by atoms with Gasteiger partial charge in [-0.1, -0.05) is 24.3 Å². The van der Waals surface area contributed by atoms with E-state index in [1.165, 1.54) is 58.7 Å². The second kappa shape index (κ2) is 14.8. The van der Waals surface area contributed by atoms with Crippen LogP contribution < -0.4 is 15.0 Å². The second-order valence-corrected chi connectivity index (χ2v) is 12.1. The van der Waals surface area contributed by atoms with Crippen molar-refractivity contribution in [1.29, 1.82) is 0 Å². The van der Waals surface area contributed by atoms with Crippen molar-refractivity contribution in [3.8, 4) is 5.75 Å². The summed E-state index contributed by atoms with van der Waals surface area (Å²) in [6, 6.07) is 15.0. The monoisotopic (exact) mass is 641 g/mol. The van der Waals surface area contributed by atoms with Gasteiger partial charge in [0, 0.05) is 22.0 Å². The van der Waals surface area contributed by atoms with E-state index in [0.29, 0.717) is 10.9 Å². The number of amides is 1. The number of pyridine rings is 1. The molecule has 2 aromatic heterocycles. The van der Waals surface area contributed by atoms with Crippen molar-refractivity contribution in [3.05, 3.63) is 92.9 Å². The average molecular weight is 642 g/mol. The number of carbonyl (C=O) groups excluding carboxylic acids is 3. The number of hydrogen-bond acceptors (Lipinski definition) is 10. The predicted molar refractivity (Wildman–Crippen MR) is 163 cm³/mol. The molecule has 0 saturated heterocycles. The fourth-order valence-electron chi connectivity index (χ4n) is 4.31. The topological polar surface area (TPSA) is 161 Å². The van der Waals surface area contributed by atoms with Crippen LogP contribution in [0.25, 0.3) is 10.9 Å². The van der Waals surface area contributed by atoms with E-state index < -0.39 is 47.1 Å². The Hall–Kier alpha value is -4.53. The average Bonchev–Trinajstić information content (AvgIpc) is 3.51. The Labute approximate surface area is 257 Å². The molecule has 0 aliphatic heterocycles. The maximum absolute atomic E-state index is 14.3. The number of nitrogens with zero attached hydrogens (tertiary/aromatic N) is 1. The molecule has 2 aromatic carbocycles. The minimum atomic E-state index is -4.40. The number of para-hydroxylation sites is 1. The van der Waals surface area contributed by atoms with Gasteiger partial charge in [0.1, 0.15) is 18.3 Å². The molecule has 2 N–H and O–H groups in total. The van der Waals surface area contributed by atoms with Gasteiger partial charge in [0.2, 0.25) is 21.5 Å². The smallest absolute Gasteiger partial charge is 0.344 e. The molecule has 0 spiro atoms. The molecule has 4 rings (SSSR count). The molecule has 0 aliphatic carbocycles. The van der Waals surface area contributed by atoms with Gasteiger partial charge in [0.15, 0.2) is 6.61 Å². The van der Waals surface area contributed by atoms with E-state index in [9.17, 15) is 27.6 Å². The number of carbonyl (C=O) groups is 3. The summed E-state index contributed by atoms with van der Waals surface area (Å²) >= 11 is 1.36. The lowest BCUT2D eigenvalue weighted by Crippen LogP contribution is -2.45. The quantitative estimate of drug-likeness (QED) is 0.197. The van der Waals surface area contributed by atoms with Crippen molar-refractivity contribution in [2.45, 2.75) is 31.3 Å². The Morgan fingerprint density at radius 2 is 1.70 bits per heavy atom. The van der Waals surface area contributed by atoms with Crippen molar-refractivity contribution < 1.29 is 37.0 Å². The zero-order valence-corrected chi connectivity index (χ0v) is 25.6. The van der Waals surface area contributed by atoms with Gasteiger partial charge in [-0.25, -0.2) is 13.2 Å². The third-order valence-electron chi connectivity index (χ3n) is 6.27. The van der Waals surface area contributed by atoms with Gasteiger partial charge in [-0.3, -0.25) is 14.4 Å². The number of nitrogens with one attached hydrogen (secondary N) is 2. The van der Waals surface area contributed by atoms with Crippen molar-refractivity contribution in [1.82, 2.24) is 14.6 Å². The molecule has 0 aliphatic rings. The summed E-state index contributed by atoms with van der Waals surface area (Å²) in [6.45, 7) is 2.58. The molecule has 0 bridgehead atoms. The van der Waals surface area contributed by atoms with Gasteiger partial charge < -0.3 is 24.1 Å². The number of esters is 2. The van der Waals surface area contributed by atoms with Crippen LogP contribution in [-0.4, -0.2) is 62.5 Å². The molecule has 0 saturated carbocycles. The van der Waals surface area contributed by atoms with Crippen LogP contribution in [0.4, 0.5) is 0 Å². The lowest BCUT2D eigenvalue weighted by Gasteiger charge is -2.28. The van der Waals surface area contributed by atoms with E-state index in [4.69, 9.17) is 14.2 Å². The molecule has 0 unspecified atom stereocenters. The first-order chi connectivity index (χ1) is 21.1. The number of benzene rings is 2. The number of sulfonamides is 1. The van der Waals surface area contributed by atoms with E-state index >= 15 is 0 Å². The Kier molecular flexibility index (Phi) is 10.9. The van der Waals surface area contributed by atoms with Crippen molar-refractivity contribution in [2.75, 3.05) is 26.4 Å². The maximum atomic E-state index is 14.3. The van der Waals surface area contributed by atoms with Crippen molar-refractivity contribution in [3.63, 3.8) is 0 Å². The number of thiophene rings is 1. The summed E-state index contributed by atoms with van der Waals surface area (Å²) in [6.07, 6.45) is 0. The van der Waals surface area contributed by atoms with Crippen LogP contribution in [0.5, 0.6) is 5.75 Å². The molecule has 1 atom stereocenters. The van der Waals surface area contributed by atoms with E-state index in [0.717, 1.165) is 4.88 Å². The molecular weight excluding hydrogens is 610 g/mol. The molecule has 2 heterocycles. The first-order valence-corrected chi connectivity index (χ1v) is 16.0. The van der Waals surface area contributed by atoms with E-state index in [1.807, 2.05) is 5.38 Å². The normalized spacial score (nSPS) is 12.0. The fraction of sp³-hybridized carbons (Fsp3) is 0.267. The number of ether oxygens (including phenoxy) is 3. The van der Waals surface area contributed by atoms with E-state index in [1.54, 1.807) is 38.1 Å². The third kappa shape index (κ3) is 8.30. The molecule has 12 nitrogen and oxygen atoms in total. The Morgan fingerprint density at radius 3 is 2.43 bits per heavy atom. The number of fused-ring (bicyclic) bond motifs is 1. The molecule has 14 heteroatoms. The van der Waals surface area contributed by atoms with E-state index in [2.05, 4.69) is 9.71 Å². The van der Waals surface area contributed by atoms with Gasteiger partial charge in [0.05, 0.1) is 24.7 Å². The fourth-order valence-corrected chi connectivity index (χ4v) is 6.23. The molecule has 0 radical (unpaired) electrons. The number of aromatic nitrogens is 1. The van der Waals surface area contributed by atoms with Gasteiger partial charge in [-0.15, -0.1) is 11.3 Å². The number of rotatable bonds is 14. The van der Waals surface area contributed by atoms with Gasteiger partial charge in [-0.05, 0) is 61.0 Å². The van der Waals surface area contributed by atoms with Crippen LogP contribution in [0.3, 0.4) is 0 Å². The molecule has 4 aromatic rings. The summed E-state index contributed by atoms with van der Waals surface area (Å²) in [5.74, 6) is -2.02. The van der Waals surface area contributed by atoms with E-state index in [-0.39, 0.29) is 41.5 Å². The third-order valence-corrected chi connectivity index (χ3v) is 8.55. The Balaban J connectivity index is 1.77. The molecule has 232 valence electrons. The van der Waals surface area contributed by atoms with Crippen molar-refractivity contribution >= 4 is 50.1 Å². The molecule has 0 fully saturated rings. The summed E-state index contributed by atoms with van der Waals surface area (Å²) in [5, 5.41) is 2.27. The molecular formula is C30H31N3O9S2. The summed E-state index contributed by atoms with van der Waals surface area (Å²) in [5.41, 5.74) is 0.192. The zero-order chi connectivity index (χ0) is 31.7. The summed E-state index contributed by atoms with van der Waals surface area (Å²) in [4.78, 5) is 55.0. The molecule has 44 heavy (non-hydrogen) atoms. The highest BCUT2D eigenvalue weighted by Gasteiger charge is 2.34.